The number of halogens is 2. The number of aromatic nitrogens is 3. The number of imidazole rings is 1. The molecular weight excluding hydrogens is 355 g/mol. The molecule has 2 aromatic heterocycles. The molecular formula is C19H22Cl2N4. The van der Waals surface area contributed by atoms with Crippen molar-refractivity contribution >= 4 is 34.7 Å². The summed E-state index contributed by atoms with van der Waals surface area (Å²) in [7, 11) is 0. The van der Waals surface area contributed by atoms with Crippen LogP contribution in [0, 0.1) is 0 Å². The lowest BCUT2D eigenvalue weighted by Crippen LogP contribution is -2.19. The standard InChI is InChI=1S/C19H22Cl2N4/c1-4-13(5-2)23-18-16(6-3)24-19-17(22-9-10-25(18)19)14-8-7-12(20)11-15(14)21/h7-11,13,23H,4-6H2,1-3H3. The highest BCUT2D eigenvalue weighted by atomic mass is 35.5. The smallest absolute Gasteiger partial charge is 0.165 e. The largest absolute Gasteiger partial charge is 0.367 e. The summed E-state index contributed by atoms with van der Waals surface area (Å²) < 4.78 is 2.07. The van der Waals surface area contributed by atoms with Crippen LogP contribution in [0.2, 0.25) is 10.0 Å². The van der Waals surface area contributed by atoms with E-state index in [2.05, 4.69) is 35.5 Å². The first kappa shape index (κ1) is 18.0. The van der Waals surface area contributed by atoms with Gasteiger partial charge in [-0.25, -0.2) is 4.98 Å². The predicted molar refractivity (Wildman–Crippen MR) is 106 cm³/mol. The molecule has 0 amide bonds. The minimum absolute atomic E-state index is 0.418. The molecule has 0 unspecified atom stereocenters. The number of rotatable bonds is 6. The Morgan fingerprint density at radius 1 is 1.16 bits per heavy atom. The third-order valence-corrected chi connectivity index (χ3v) is 5.01. The molecule has 0 radical (unpaired) electrons. The zero-order chi connectivity index (χ0) is 18.0. The maximum absolute atomic E-state index is 6.40. The maximum atomic E-state index is 6.40. The van der Waals surface area contributed by atoms with Crippen LogP contribution in [0.15, 0.2) is 30.6 Å². The van der Waals surface area contributed by atoms with E-state index in [1.165, 1.54) is 0 Å². The van der Waals surface area contributed by atoms with Gasteiger partial charge in [0.15, 0.2) is 5.65 Å². The van der Waals surface area contributed by atoms with E-state index in [-0.39, 0.29) is 0 Å². The van der Waals surface area contributed by atoms with Gasteiger partial charge in [0.05, 0.1) is 10.7 Å². The van der Waals surface area contributed by atoms with E-state index in [1.54, 1.807) is 12.3 Å². The minimum atomic E-state index is 0.418. The fourth-order valence-electron chi connectivity index (χ4n) is 2.98. The van der Waals surface area contributed by atoms with E-state index in [1.807, 2.05) is 18.3 Å². The number of nitrogens with one attached hydrogen (secondary N) is 1. The average Bonchev–Trinajstić information content (AvgIpc) is 2.97. The summed E-state index contributed by atoms with van der Waals surface area (Å²) in [6, 6.07) is 5.86. The van der Waals surface area contributed by atoms with Gasteiger partial charge in [0.2, 0.25) is 0 Å². The Morgan fingerprint density at radius 2 is 1.92 bits per heavy atom. The molecule has 0 fully saturated rings. The second-order valence-corrected chi connectivity index (χ2v) is 6.86. The molecule has 6 heteroatoms. The topological polar surface area (TPSA) is 42.2 Å². The van der Waals surface area contributed by atoms with Crippen LogP contribution in [0.1, 0.15) is 39.3 Å². The molecule has 0 saturated heterocycles. The average molecular weight is 377 g/mol. The van der Waals surface area contributed by atoms with Gasteiger partial charge in [0.1, 0.15) is 11.5 Å². The van der Waals surface area contributed by atoms with Gasteiger partial charge in [-0.1, -0.05) is 44.0 Å². The second-order valence-electron chi connectivity index (χ2n) is 6.01. The molecule has 1 aromatic carbocycles. The summed E-state index contributed by atoms with van der Waals surface area (Å²) in [4.78, 5) is 9.38. The lowest BCUT2D eigenvalue weighted by Gasteiger charge is -2.17. The number of anilines is 1. The molecule has 3 aromatic rings. The van der Waals surface area contributed by atoms with Crippen molar-refractivity contribution in [3.63, 3.8) is 0 Å². The Hall–Kier alpha value is -1.78. The molecule has 0 aliphatic rings. The van der Waals surface area contributed by atoms with Crippen molar-refractivity contribution in [1.82, 2.24) is 14.4 Å². The van der Waals surface area contributed by atoms with Gasteiger partial charge >= 0.3 is 0 Å². The molecule has 0 aliphatic heterocycles. The number of hydrogen-bond acceptors (Lipinski definition) is 3. The SMILES string of the molecule is CCc1nc2c(-c3ccc(Cl)cc3Cl)nccn2c1NC(CC)CC. The van der Waals surface area contributed by atoms with Crippen LogP contribution in [0.25, 0.3) is 16.9 Å². The number of aryl methyl sites for hydroxylation is 1. The van der Waals surface area contributed by atoms with E-state index in [9.17, 15) is 0 Å². The molecule has 0 spiro atoms. The van der Waals surface area contributed by atoms with Crippen LogP contribution in [-0.4, -0.2) is 20.4 Å². The first-order valence-corrected chi connectivity index (χ1v) is 9.42. The summed E-state index contributed by atoms with van der Waals surface area (Å²) >= 11 is 12.4. The molecule has 4 nitrogen and oxygen atoms in total. The molecule has 1 N–H and O–H groups in total. The van der Waals surface area contributed by atoms with Gasteiger partial charge in [-0.05, 0) is 37.5 Å². The van der Waals surface area contributed by atoms with Crippen molar-refractivity contribution in [1.29, 1.82) is 0 Å². The van der Waals surface area contributed by atoms with E-state index in [0.717, 1.165) is 47.7 Å². The van der Waals surface area contributed by atoms with Gasteiger partial charge in [0, 0.05) is 29.0 Å². The van der Waals surface area contributed by atoms with Gasteiger partial charge in [-0.15, -0.1) is 0 Å². The fraction of sp³-hybridized carbons (Fsp3) is 0.368. The maximum Gasteiger partial charge on any atom is 0.165 e. The van der Waals surface area contributed by atoms with Crippen LogP contribution >= 0.6 is 23.2 Å². The monoisotopic (exact) mass is 376 g/mol. The van der Waals surface area contributed by atoms with E-state index in [4.69, 9.17) is 28.2 Å². The number of benzene rings is 1. The Morgan fingerprint density at radius 3 is 2.56 bits per heavy atom. The van der Waals surface area contributed by atoms with Crippen molar-refractivity contribution in [2.45, 2.75) is 46.1 Å². The molecule has 25 heavy (non-hydrogen) atoms. The molecule has 3 rings (SSSR count). The lowest BCUT2D eigenvalue weighted by molar-refractivity contribution is 0.666. The Balaban J connectivity index is 2.18. The molecule has 0 aliphatic carbocycles. The third-order valence-electron chi connectivity index (χ3n) is 4.46. The van der Waals surface area contributed by atoms with Crippen LogP contribution in [0.4, 0.5) is 5.82 Å². The molecule has 0 saturated carbocycles. The highest BCUT2D eigenvalue weighted by Crippen LogP contribution is 2.33. The van der Waals surface area contributed by atoms with Gasteiger partial charge < -0.3 is 5.32 Å². The normalized spacial score (nSPS) is 11.4. The quantitative estimate of drug-likeness (QED) is 0.585. The van der Waals surface area contributed by atoms with E-state index >= 15 is 0 Å². The summed E-state index contributed by atoms with van der Waals surface area (Å²) in [6.07, 6.45) is 6.70. The number of hydrogen-bond donors (Lipinski definition) is 1. The third kappa shape index (κ3) is 3.46. The van der Waals surface area contributed by atoms with Gasteiger partial charge in [0.25, 0.3) is 0 Å². The van der Waals surface area contributed by atoms with E-state index < -0.39 is 0 Å². The van der Waals surface area contributed by atoms with Gasteiger partial charge in [-0.3, -0.25) is 9.38 Å². The summed E-state index contributed by atoms with van der Waals surface area (Å²) in [5.74, 6) is 1.04. The zero-order valence-corrected chi connectivity index (χ0v) is 16.2. The fourth-order valence-corrected chi connectivity index (χ4v) is 3.48. The van der Waals surface area contributed by atoms with Crippen molar-refractivity contribution < 1.29 is 0 Å². The first-order valence-electron chi connectivity index (χ1n) is 8.66. The summed E-state index contributed by atoms with van der Waals surface area (Å²) in [5.41, 5.74) is 3.43. The number of fused-ring (bicyclic) bond motifs is 1. The summed E-state index contributed by atoms with van der Waals surface area (Å²) in [5, 5.41) is 4.82. The second kappa shape index (κ2) is 7.63. The molecule has 132 valence electrons. The first-order chi connectivity index (χ1) is 12.1. The Labute approximate surface area is 158 Å². The Kier molecular flexibility index (Phi) is 5.50. The van der Waals surface area contributed by atoms with Crippen LogP contribution < -0.4 is 5.32 Å². The minimum Gasteiger partial charge on any atom is -0.367 e. The van der Waals surface area contributed by atoms with Crippen LogP contribution in [-0.2, 0) is 6.42 Å². The van der Waals surface area contributed by atoms with Crippen molar-refractivity contribution in [3.05, 3.63) is 46.3 Å². The molecule has 2 heterocycles. The Bertz CT molecular complexity index is 885. The van der Waals surface area contributed by atoms with Crippen molar-refractivity contribution in [2.24, 2.45) is 0 Å². The zero-order valence-electron chi connectivity index (χ0n) is 14.7. The molecule has 0 bridgehead atoms. The lowest BCUT2D eigenvalue weighted by atomic mass is 10.1. The van der Waals surface area contributed by atoms with Gasteiger partial charge in [-0.2, -0.15) is 0 Å². The summed E-state index contributed by atoms with van der Waals surface area (Å²) in [6.45, 7) is 6.50. The molecule has 0 atom stereocenters. The van der Waals surface area contributed by atoms with Crippen molar-refractivity contribution in [2.75, 3.05) is 5.32 Å². The van der Waals surface area contributed by atoms with E-state index in [0.29, 0.717) is 16.1 Å². The number of nitrogens with zero attached hydrogens (tertiary/aromatic N) is 3. The van der Waals surface area contributed by atoms with Crippen molar-refractivity contribution in [3.8, 4) is 11.3 Å². The van der Waals surface area contributed by atoms with Crippen LogP contribution in [0.5, 0.6) is 0 Å². The highest BCUT2D eigenvalue weighted by molar-refractivity contribution is 6.36. The highest BCUT2D eigenvalue weighted by Gasteiger charge is 2.18. The predicted octanol–water partition coefficient (Wildman–Crippen LogP) is 5.87. The van der Waals surface area contributed by atoms with Crippen LogP contribution in [0.3, 0.4) is 0 Å².